The summed E-state index contributed by atoms with van der Waals surface area (Å²) in [6.45, 7) is 0.585. The first kappa shape index (κ1) is 30.3. The molecule has 40 heavy (non-hydrogen) atoms. The summed E-state index contributed by atoms with van der Waals surface area (Å²) in [7, 11) is -4.19. The molecule has 0 saturated heterocycles. The highest BCUT2D eigenvalue weighted by Gasteiger charge is 2.60. The third kappa shape index (κ3) is 5.57. The van der Waals surface area contributed by atoms with Crippen LogP contribution in [0.25, 0.3) is 0 Å². The molecule has 0 spiro atoms. The maximum atomic E-state index is 13.7. The van der Waals surface area contributed by atoms with E-state index in [4.69, 9.17) is 16.3 Å². The number of hydrogen-bond donors (Lipinski definition) is 4. The molecule has 9 nitrogen and oxygen atoms in total. The quantitative estimate of drug-likeness (QED) is 0.265. The van der Waals surface area contributed by atoms with Crippen LogP contribution in [0.3, 0.4) is 0 Å². The van der Waals surface area contributed by atoms with Gasteiger partial charge in [-0.05, 0) is 55.7 Å². The molecule has 0 aromatic heterocycles. The first-order valence-corrected chi connectivity index (χ1v) is 14.3. The normalized spacial score (nSPS) is 25.8. The summed E-state index contributed by atoms with van der Waals surface area (Å²) in [6, 6.07) is 4.54. The Bertz CT molecular complexity index is 1400. The van der Waals surface area contributed by atoms with Crippen molar-refractivity contribution in [2.45, 2.75) is 60.6 Å². The van der Waals surface area contributed by atoms with Crippen LogP contribution < -0.4 is 5.32 Å². The third-order valence-electron chi connectivity index (χ3n) is 7.74. The average molecular weight is 606 g/mol. The second kappa shape index (κ2) is 11.3. The van der Waals surface area contributed by atoms with E-state index in [1.807, 2.05) is 0 Å². The van der Waals surface area contributed by atoms with Crippen molar-refractivity contribution in [1.82, 2.24) is 0 Å². The minimum Gasteiger partial charge on any atom is -0.463 e. The number of ether oxygens (including phenoxy) is 1. The number of halogens is 4. The number of esters is 1. The van der Waals surface area contributed by atoms with E-state index in [1.165, 1.54) is 12.1 Å². The van der Waals surface area contributed by atoms with Crippen molar-refractivity contribution in [1.29, 1.82) is 0 Å². The van der Waals surface area contributed by atoms with Crippen LogP contribution in [0.4, 0.5) is 18.9 Å². The summed E-state index contributed by atoms with van der Waals surface area (Å²) >= 11 is 6.20. The van der Waals surface area contributed by atoms with E-state index >= 15 is 0 Å². The molecule has 2 aromatic carbocycles. The van der Waals surface area contributed by atoms with Crippen molar-refractivity contribution in [2.75, 3.05) is 11.9 Å². The maximum Gasteiger partial charge on any atom is 0.302 e. The van der Waals surface area contributed by atoms with Gasteiger partial charge in [0.05, 0.1) is 20.8 Å². The molecule has 14 heteroatoms. The predicted molar refractivity (Wildman–Crippen MR) is 136 cm³/mol. The Morgan fingerprint density at radius 3 is 2.23 bits per heavy atom. The van der Waals surface area contributed by atoms with Gasteiger partial charge in [-0.2, -0.15) is 0 Å². The summed E-state index contributed by atoms with van der Waals surface area (Å²) in [5.41, 5.74) is -2.40. The van der Waals surface area contributed by atoms with Crippen LogP contribution in [-0.2, 0) is 19.4 Å². The Morgan fingerprint density at radius 1 is 1.10 bits per heavy atom. The van der Waals surface area contributed by atoms with Gasteiger partial charge in [-0.25, -0.2) is 21.6 Å². The first-order chi connectivity index (χ1) is 18.7. The Balaban J connectivity index is 1.55. The number of amides is 1. The number of hydrogen-bond acceptors (Lipinski definition) is 8. The van der Waals surface area contributed by atoms with Crippen LogP contribution in [0, 0.1) is 29.3 Å². The van der Waals surface area contributed by atoms with Gasteiger partial charge in [-0.1, -0.05) is 11.6 Å². The number of sulfone groups is 1. The highest BCUT2D eigenvalue weighted by atomic mass is 35.5. The van der Waals surface area contributed by atoms with Crippen molar-refractivity contribution in [2.24, 2.45) is 11.8 Å². The van der Waals surface area contributed by atoms with Gasteiger partial charge in [0.2, 0.25) is 0 Å². The fourth-order valence-electron chi connectivity index (χ4n) is 5.75. The second-order valence-corrected chi connectivity index (χ2v) is 12.8. The van der Waals surface area contributed by atoms with E-state index in [9.17, 15) is 46.5 Å². The molecule has 218 valence electrons. The lowest BCUT2D eigenvalue weighted by molar-refractivity contribution is -0.187. The summed E-state index contributed by atoms with van der Waals surface area (Å²) in [4.78, 5) is 23.4. The number of aliphatic hydroxyl groups is 3. The summed E-state index contributed by atoms with van der Waals surface area (Å²) in [5, 5.41) is 33.4. The van der Waals surface area contributed by atoms with Crippen molar-refractivity contribution in [3.8, 4) is 0 Å². The monoisotopic (exact) mass is 605 g/mol. The Morgan fingerprint density at radius 2 is 1.68 bits per heavy atom. The summed E-state index contributed by atoms with van der Waals surface area (Å²) in [6.07, 6.45) is -2.67. The molecule has 2 bridgehead atoms. The summed E-state index contributed by atoms with van der Waals surface area (Å²) < 4.78 is 72.4. The van der Waals surface area contributed by atoms with Crippen LogP contribution >= 0.6 is 11.6 Å². The molecular weight excluding hydrogens is 579 g/mol. The van der Waals surface area contributed by atoms with Gasteiger partial charge in [0.25, 0.3) is 5.91 Å². The van der Waals surface area contributed by atoms with E-state index in [1.54, 1.807) is 0 Å². The number of carbonyl (C=O) groups excluding carboxylic acids is 2. The number of anilines is 1. The molecule has 2 saturated carbocycles. The van der Waals surface area contributed by atoms with Gasteiger partial charge in [0.15, 0.2) is 27.3 Å². The fourth-order valence-corrected chi connectivity index (χ4v) is 8.16. The van der Waals surface area contributed by atoms with Crippen molar-refractivity contribution >= 4 is 39.0 Å². The zero-order chi connectivity index (χ0) is 29.6. The lowest BCUT2D eigenvalue weighted by Gasteiger charge is -2.46. The average Bonchev–Trinajstić information content (AvgIpc) is 3.05. The Hall–Kier alpha value is -2.71. The van der Waals surface area contributed by atoms with Crippen molar-refractivity contribution in [3.63, 3.8) is 0 Å². The number of benzene rings is 2. The first-order valence-electron chi connectivity index (χ1n) is 12.4. The van der Waals surface area contributed by atoms with Crippen molar-refractivity contribution in [3.05, 3.63) is 58.4 Å². The zero-order valence-corrected chi connectivity index (χ0v) is 22.7. The van der Waals surface area contributed by atoms with Crippen LogP contribution in [0.2, 0.25) is 5.02 Å². The molecule has 1 amide bonds. The molecule has 0 aliphatic heterocycles. The largest absolute Gasteiger partial charge is 0.463 e. The molecule has 2 aliphatic carbocycles. The van der Waals surface area contributed by atoms with E-state index in [0.29, 0.717) is 25.0 Å². The Kier molecular flexibility index (Phi) is 8.53. The predicted octanol–water partition coefficient (Wildman–Crippen LogP) is 2.99. The van der Waals surface area contributed by atoms with Gasteiger partial charge in [0, 0.05) is 30.3 Å². The minimum absolute atomic E-state index is 0.0758. The molecule has 4 N–H and O–H groups in total. The number of fused-ring (bicyclic) bond motifs is 2. The van der Waals surface area contributed by atoms with Crippen LogP contribution in [0.1, 0.15) is 43.0 Å². The smallest absolute Gasteiger partial charge is 0.302 e. The molecule has 2 aliphatic rings. The van der Waals surface area contributed by atoms with E-state index < -0.39 is 86.4 Å². The number of aliphatic hydroxyl groups excluding tert-OH is 2. The molecule has 2 aromatic rings. The van der Waals surface area contributed by atoms with E-state index in [-0.39, 0.29) is 28.3 Å². The molecule has 0 heterocycles. The van der Waals surface area contributed by atoms with Crippen LogP contribution in [0.15, 0.2) is 35.2 Å². The lowest BCUT2D eigenvalue weighted by Crippen LogP contribution is -2.60. The van der Waals surface area contributed by atoms with E-state index in [0.717, 1.165) is 13.0 Å². The van der Waals surface area contributed by atoms with Crippen molar-refractivity contribution < 1.29 is 51.2 Å². The van der Waals surface area contributed by atoms with Gasteiger partial charge >= 0.3 is 5.97 Å². The van der Waals surface area contributed by atoms with Crippen LogP contribution in [-0.4, -0.2) is 65.3 Å². The maximum absolute atomic E-state index is 13.7. The number of rotatable bonds is 8. The summed E-state index contributed by atoms with van der Waals surface area (Å²) in [5.74, 6) is -7.78. The highest BCUT2D eigenvalue weighted by Crippen LogP contribution is 2.54. The SMILES string of the molecule is CC(=O)OC[C@H](O)[C@@H](O)C1(O)C2CC[C@H]1CC(S(=O)(=O)c1cc(C(=O)Nc3cc(F)c(F)c(F)c3)ccc1Cl)C2. The molecule has 2 fully saturated rings. The lowest BCUT2D eigenvalue weighted by atomic mass is 9.70. The minimum atomic E-state index is -4.19. The fraction of sp³-hybridized carbons (Fsp3) is 0.462. The standard InChI is InChI=1S/C26H27ClF3NO8S/c1-12(32)39-11-21(33)24(34)26(36)14-3-4-15(26)8-17(7-14)40(37,38)22-6-13(2-5-18(22)27)25(35)31-16-9-19(28)23(30)20(29)10-16/h2,5-6,9-10,14-15,17,21,24,33-34,36H,3-4,7-8,11H2,1H3,(H,31,35)/t14-,15?,17?,21-,24+,26?/m0/s1. The van der Waals surface area contributed by atoms with Gasteiger partial charge in [-0.3, -0.25) is 9.59 Å². The van der Waals surface area contributed by atoms with Gasteiger partial charge in [0.1, 0.15) is 18.8 Å². The van der Waals surface area contributed by atoms with Gasteiger partial charge in [-0.15, -0.1) is 0 Å². The van der Waals surface area contributed by atoms with Crippen LogP contribution in [0.5, 0.6) is 0 Å². The third-order valence-corrected chi connectivity index (χ3v) is 10.4. The second-order valence-electron chi connectivity index (χ2n) is 10.2. The highest BCUT2D eigenvalue weighted by molar-refractivity contribution is 7.92. The van der Waals surface area contributed by atoms with Gasteiger partial charge < -0.3 is 25.4 Å². The molecule has 6 atom stereocenters. The molecule has 3 unspecified atom stereocenters. The molecular formula is C26H27ClF3NO8S. The number of nitrogens with one attached hydrogen (secondary N) is 1. The number of carbonyl (C=O) groups is 2. The van der Waals surface area contributed by atoms with E-state index in [2.05, 4.69) is 5.32 Å². The Labute approximate surface area is 232 Å². The zero-order valence-electron chi connectivity index (χ0n) is 21.1. The molecule has 4 rings (SSSR count). The topological polar surface area (TPSA) is 150 Å². The molecule has 0 radical (unpaired) electrons.